The second kappa shape index (κ2) is 5.09. The second-order valence-corrected chi connectivity index (χ2v) is 5.80. The van der Waals surface area contributed by atoms with Gasteiger partial charge in [0, 0.05) is 32.2 Å². The van der Waals surface area contributed by atoms with Gasteiger partial charge in [0.15, 0.2) is 0 Å². The van der Waals surface area contributed by atoms with E-state index in [1.54, 1.807) is 0 Å². The number of piperidine rings is 1. The zero-order valence-electron chi connectivity index (χ0n) is 12.4. The number of aryl methyl sites for hydroxylation is 2. The topological polar surface area (TPSA) is 62.2 Å². The molecule has 0 bridgehead atoms. The molecule has 1 amide bonds. The number of carbonyl (C=O) groups is 1. The van der Waals surface area contributed by atoms with Crippen LogP contribution in [0, 0.1) is 12.8 Å². The lowest BCUT2D eigenvalue weighted by molar-refractivity contribution is -0.123. The largest absolute Gasteiger partial charge is 0.354 e. The molecule has 2 fully saturated rings. The molecule has 0 aliphatic carbocycles. The molecular weight excluding hydrogens is 254 g/mol. The molecule has 2 aliphatic rings. The number of nitrogens with zero attached hydrogens (tertiary/aromatic N) is 3. The predicted octanol–water partition coefficient (Wildman–Crippen LogP) is 0.163. The molecular formula is C14H23N5O. The third-order valence-corrected chi connectivity index (χ3v) is 4.54. The predicted molar refractivity (Wildman–Crippen MR) is 77.6 cm³/mol. The molecule has 20 heavy (non-hydrogen) atoms. The molecule has 1 aromatic heterocycles. The van der Waals surface area contributed by atoms with Gasteiger partial charge in [-0.2, -0.15) is 5.10 Å². The zero-order chi connectivity index (χ0) is 14.3. The van der Waals surface area contributed by atoms with E-state index in [2.05, 4.69) is 27.6 Å². The lowest BCUT2D eigenvalue weighted by atomic mass is 9.91. The zero-order valence-corrected chi connectivity index (χ0v) is 12.4. The van der Waals surface area contributed by atoms with E-state index in [4.69, 9.17) is 0 Å². The van der Waals surface area contributed by atoms with Gasteiger partial charge in [0.25, 0.3) is 0 Å². The molecule has 110 valence electrons. The number of rotatable bonds is 3. The standard InChI is InChI=1S/C14H23N5O/c1-9-11(7-15-2)14(18(3)17-9)19-6-4-5-10-12(19)8-16-13(10)20/h10,12,15H,4-8H2,1-3H3,(H,16,20). The molecule has 3 rings (SSSR count). The summed E-state index contributed by atoms with van der Waals surface area (Å²) in [5.41, 5.74) is 2.31. The summed E-state index contributed by atoms with van der Waals surface area (Å²) < 4.78 is 1.97. The number of carbonyl (C=O) groups excluding carboxylic acids is 1. The van der Waals surface area contributed by atoms with E-state index in [0.717, 1.165) is 38.2 Å². The maximum atomic E-state index is 11.9. The van der Waals surface area contributed by atoms with Crippen molar-refractivity contribution in [3.05, 3.63) is 11.3 Å². The normalized spacial score (nSPS) is 25.8. The third kappa shape index (κ3) is 1.98. The summed E-state index contributed by atoms with van der Waals surface area (Å²) >= 11 is 0. The van der Waals surface area contributed by atoms with Gasteiger partial charge in [-0.1, -0.05) is 0 Å². The Morgan fingerprint density at radius 2 is 2.30 bits per heavy atom. The van der Waals surface area contributed by atoms with Crippen molar-refractivity contribution in [3.63, 3.8) is 0 Å². The Bertz CT molecular complexity index is 524. The highest BCUT2D eigenvalue weighted by molar-refractivity contribution is 5.83. The molecule has 3 heterocycles. The van der Waals surface area contributed by atoms with Crippen molar-refractivity contribution in [2.75, 3.05) is 25.0 Å². The summed E-state index contributed by atoms with van der Waals surface area (Å²) in [5, 5.41) is 10.8. The Hall–Kier alpha value is -1.56. The molecule has 2 N–H and O–H groups in total. The van der Waals surface area contributed by atoms with E-state index >= 15 is 0 Å². The fraction of sp³-hybridized carbons (Fsp3) is 0.714. The summed E-state index contributed by atoms with van der Waals surface area (Å²) in [4.78, 5) is 14.3. The maximum absolute atomic E-state index is 11.9. The molecule has 0 spiro atoms. The van der Waals surface area contributed by atoms with E-state index in [1.807, 2.05) is 18.8 Å². The van der Waals surface area contributed by atoms with Gasteiger partial charge in [-0.25, -0.2) is 0 Å². The maximum Gasteiger partial charge on any atom is 0.225 e. The van der Waals surface area contributed by atoms with Crippen LogP contribution in [-0.4, -0.2) is 41.9 Å². The van der Waals surface area contributed by atoms with Crippen LogP contribution in [0.15, 0.2) is 0 Å². The number of fused-ring (bicyclic) bond motifs is 1. The van der Waals surface area contributed by atoms with Gasteiger partial charge in [-0.3, -0.25) is 9.48 Å². The first-order valence-corrected chi connectivity index (χ1v) is 7.35. The highest BCUT2D eigenvalue weighted by atomic mass is 16.2. The molecule has 1 aromatic rings. The average molecular weight is 277 g/mol. The number of anilines is 1. The molecule has 2 aliphatic heterocycles. The van der Waals surface area contributed by atoms with E-state index in [0.29, 0.717) is 0 Å². The number of nitrogens with one attached hydrogen (secondary N) is 2. The smallest absolute Gasteiger partial charge is 0.225 e. The average Bonchev–Trinajstić information content (AvgIpc) is 2.92. The van der Waals surface area contributed by atoms with Crippen molar-refractivity contribution >= 4 is 11.7 Å². The summed E-state index contributed by atoms with van der Waals surface area (Å²) in [6, 6.07) is 0.279. The number of amides is 1. The molecule has 0 saturated carbocycles. The fourth-order valence-corrected chi connectivity index (χ4v) is 3.65. The van der Waals surface area contributed by atoms with Crippen molar-refractivity contribution in [1.82, 2.24) is 20.4 Å². The van der Waals surface area contributed by atoms with E-state index in [-0.39, 0.29) is 17.9 Å². The molecule has 6 nitrogen and oxygen atoms in total. The molecule has 2 atom stereocenters. The van der Waals surface area contributed by atoms with Crippen molar-refractivity contribution in [3.8, 4) is 0 Å². The lowest BCUT2D eigenvalue weighted by Crippen LogP contribution is -2.47. The third-order valence-electron chi connectivity index (χ3n) is 4.54. The molecule has 6 heteroatoms. The lowest BCUT2D eigenvalue weighted by Gasteiger charge is -2.38. The van der Waals surface area contributed by atoms with Crippen molar-refractivity contribution in [1.29, 1.82) is 0 Å². The van der Waals surface area contributed by atoms with Gasteiger partial charge >= 0.3 is 0 Å². The summed E-state index contributed by atoms with van der Waals surface area (Å²) in [5.74, 6) is 1.53. The van der Waals surface area contributed by atoms with Crippen molar-refractivity contribution < 1.29 is 4.79 Å². The Morgan fingerprint density at radius 1 is 1.50 bits per heavy atom. The first-order chi connectivity index (χ1) is 9.63. The molecule has 0 aromatic carbocycles. The first-order valence-electron chi connectivity index (χ1n) is 7.35. The minimum absolute atomic E-state index is 0.140. The minimum atomic E-state index is 0.140. The fourth-order valence-electron chi connectivity index (χ4n) is 3.65. The van der Waals surface area contributed by atoms with Gasteiger partial charge in [0.2, 0.25) is 5.91 Å². The van der Waals surface area contributed by atoms with E-state index in [9.17, 15) is 4.79 Å². The highest BCUT2D eigenvalue weighted by Crippen LogP contribution is 2.34. The number of aromatic nitrogens is 2. The molecule has 2 saturated heterocycles. The van der Waals surface area contributed by atoms with Crippen LogP contribution in [0.4, 0.5) is 5.82 Å². The summed E-state index contributed by atoms with van der Waals surface area (Å²) in [6.45, 7) is 4.62. The van der Waals surface area contributed by atoms with Gasteiger partial charge < -0.3 is 15.5 Å². The van der Waals surface area contributed by atoms with Gasteiger partial charge in [-0.05, 0) is 26.8 Å². The van der Waals surface area contributed by atoms with Gasteiger partial charge in [0.05, 0.1) is 17.7 Å². The molecule has 0 radical (unpaired) electrons. The van der Waals surface area contributed by atoms with Crippen LogP contribution < -0.4 is 15.5 Å². The van der Waals surface area contributed by atoms with Crippen molar-refractivity contribution in [2.45, 2.75) is 32.4 Å². The Kier molecular flexibility index (Phi) is 3.41. The summed E-state index contributed by atoms with van der Waals surface area (Å²) in [6.07, 6.45) is 2.07. The van der Waals surface area contributed by atoms with Crippen LogP contribution in [0.3, 0.4) is 0 Å². The van der Waals surface area contributed by atoms with E-state index < -0.39 is 0 Å². The van der Waals surface area contributed by atoms with Crippen LogP contribution in [0.2, 0.25) is 0 Å². The summed E-state index contributed by atoms with van der Waals surface area (Å²) in [7, 11) is 3.95. The Morgan fingerprint density at radius 3 is 3.05 bits per heavy atom. The number of hydrogen-bond donors (Lipinski definition) is 2. The van der Waals surface area contributed by atoms with Crippen LogP contribution in [-0.2, 0) is 18.4 Å². The van der Waals surface area contributed by atoms with Crippen molar-refractivity contribution in [2.24, 2.45) is 13.0 Å². The molecule has 2 unspecified atom stereocenters. The second-order valence-electron chi connectivity index (χ2n) is 5.80. The van der Waals surface area contributed by atoms with Crippen LogP contribution in [0.5, 0.6) is 0 Å². The van der Waals surface area contributed by atoms with Crippen LogP contribution >= 0.6 is 0 Å². The monoisotopic (exact) mass is 277 g/mol. The Balaban J connectivity index is 1.97. The van der Waals surface area contributed by atoms with Crippen LogP contribution in [0.1, 0.15) is 24.1 Å². The highest BCUT2D eigenvalue weighted by Gasteiger charge is 2.42. The first kappa shape index (κ1) is 13.4. The minimum Gasteiger partial charge on any atom is -0.354 e. The van der Waals surface area contributed by atoms with Crippen LogP contribution in [0.25, 0.3) is 0 Å². The quantitative estimate of drug-likeness (QED) is 0.826. The SMILES string of the molecule is CNCc1c(C)nn(C)c1N1CCCC2C(=O)NCC21. The van der Waals surface area contributed by atoms with Gasteiger partial charge in [0.1, 0.15) is 5.82 Å². The Labute approximate surface area is 119 Å². The van der Waals surface area contributed by atoms with E-state index in [1.165, 1.54) is 11.4 Å². The van der Waals surface area contributed by atoms with Gasteiger partial charge in [-0.15, -0.1) is 0 Å². The number of hydrogen-bond acceptors (Lipinski definition) is 4.